The van der Waals surface area contributed by atoms with Crippen LogP contribution >= 0.6 is 0 Å². The molecule has 5 heteroatoms. The second-order valence-corrected chi connectivity index (χ2v) is 8.18. The summed E-state index contributed by atoms with van der Waals surface area (Å²) in [6, 6.07) is 15.9. The topological polar surface area (TPSA) is 50.8 Å². The maximum Gasteiger partial charge on any atom is 0.261 e. The summed E-state index contributed by atoms with van der Waals surface area (Å²) in [6.07, 6.45) is 2.56. The molecule has 0 radical (unpaired) electrons. The minimum Gasteiger partial charge on any atom is -0.493 e. The molecule has 1 amide bonds. The first-order chi connectivity index (χ1) is 14.5. The number of hydrogen-bond donors (Lipinski definition) is 1. The highest BCUT2D eigenvalue weighted by Gasteiger charge is 2.22. The van der Waals surface area contributed by atoms with Crippen molar-refractivity contribution in [3.05, 3.63) is 54.1 Å². The van der Waals surface area contributed by atoms with E-state index < -0.39 is 6.10 Å². The Kier molecular flexibility index (Phi) is 7.61. The third-order valence-corrected chi connectivity index (χ3v) is 5.78. The fourth-order valence-electron chi connectivity index (χ4n) is 3.98. The van der Waals surface area contributed by atoms with Crippen LogP contribution in [-0.2, 0) is 4.79 Å². The molecular formula is C25H34N2O3. The molecule has 162 valence electrons. The molecule has 0 aliphatic carbocycles. The van der Waals surface area contributed by atoms with Crippen LogP contribution in [-0.4, -0.2) is 32.2 Å². The van der Waals surface area contributed by atoms with Gasteiger partial charge in [0.05, 0.1) is 13.2 Å². The molecule has 1 fully saturated rings. The number of carbonyl (C=O) groups excluding carboxylic acids is 1. The molecule has 3 atom stereocenters. The van der Waals surface area contributed by atoms with Crippen LogP contribution in [0.1, 0.15) is 51.6 Å². The van der Waals surface area contributed by atoms with Gasteiger partial charge in [-0.1, -0.05) is 38.1 Å². The third-order valence-electron chi connectivity index (χ3n) is 5.78. The van der Waals surface area contributed by atoms with Crippen molar-refractivity contribution in [1.82, 2.24) is 5.32 Å². The van der Waals surface area contributed by atoms with Gasteiger partial charge in [0.25, 0.3) is 5.91 Å². The number of rotatable bonds is 8. The van der Waals surface area contributed by atoms with Crippen LogP contribution in [0.25, 0.3) is 0 Å². The smallest absolute Gasteiger partial charge is 0.261 e. The molecule has 0 saturated carbocycles. The number of amides is 1. The van der Waals surface area contributed by atoms with E-state index in [1.54, 1.807) is 7.11 Å². The number of hydrogen-bond acceptors (Lipinski definition) is 4. The number of para-hydroxylation sites is 2. The maximum absolute atomic E-state index is 12.8. The summed E-state index contributed by atoms with van der Waals surface area (Å²) >= 11 is 0. The number of ether oxygens (including phenoxy) is 2. The van der Waals surface area contributed by atoms with Crippen molar-refractivity contribution in [2.24, 2.45) is 5.92 Å². The number of anilines is 1. The van der Waals surface area contributed by atoms with Gasteiger partial charge >= 0.3 is 0 Å². The summed E-state index contributed by atoms with van der Waals surface area (Å²) in [7, 11) is 1.60. The highest BCUT2D eigenvalue weighted by Crippen LogP contribution is 2.28. The summed E-state index contributed by atoms with van der Waals surface area (Å²) in [5.41, 5.74) is 2.35. The summed E-state index contributed by atoms with van der Waals surface area (Å²) in [5.74, 6) is 1.82. The van der Waals surface area contributed by atoms with Crippen molar-refractivity contribution < 1.29 is 14.3 Å². The van der Waals surface area contributed by atoms with Crippen LogP contribution < -0.4 is 19.7 Å². The van der Waals surface area contributed by atoms with Gasteiger partial charge in [-0.25, -0.2) is 0 Å². The lowest BCUT2D eigenvalue weighted by Crippen LogP contribution is -2.39. The predicted octanol–water partition coefficient (Wildman–Crippen LogP) is 4.97. The third kappa shape index (κ3) is 5.47. The summed E-state index contributed by atoms with van der Waals surface area (Å²) in [5, 5.41) is 3.09. The molecule has 0 unspecified atom stereocenters. The molecule has 1 heterocycles. The summed E-state index contributed by atoms with van der Waals surface area (Å²) in [4.78, 5) is 15.3. The summed E-state index contributed by atoms with van der Waals surface area (Å²) < 4.78 is 11.3. The van der Waals surface area contributed by atoms with Crippen molar-refractivity contribution in [1.29, 1.82) is 0 Å². The van der Waals surface area contributed by atoms with Gasteiger partial charge in [0.15, 0.2) is 17.6 Å². The van der Waals surface area contributed by atoms with E-state index in [0.29, 0.717) is 17.9 Å². The molecule has 5 nitrogen and oxygen atoms in total. The van der Waals surface area contributed by atoms with Gasteiger partial charge in [0, 0.05) is 18.8 Å². The Bertz CT molecular complexity index is 821. The van der Waals surface area contributed by atoms with Crippen molar-refractivity contribution in [3.8, 4) is 11.5 Å². The molecule has 2 aromatic rings. The van der Waals surface area contributed by atoms with Crippen molar-refractivity contribution in [2.75, 3.05) is 25.1 Å². The van der Waals surface area contributed by atoms with E-state index in [1.165, 1.54) is 18.5 Å². The van der Waals surface area contributed by atoms with E-state index in [1.807, 2.05) is 38.1 Å². The first-order valence-electron chi connectivity index (χ1n) is 11.0. The average molecular weight is 411 g/mol. The van der Waals surface area contributed by atoms with Crippen molar-refractivity contribution >= 4 is 11.6 Å². The highest BCUT2D eigenvalue weighted by molar-refractivity contribution is 5.81. The largest absolute Gasteiger partial charge is 0.493 e. The number of benzene rings is 2. The lowest BCUT2D eigenvalue weighted by molar-refractivity contribution is -0.128. The molecular weight excluding hydrogens is 376 g/mol. The first-order valence-corrected chi connectivity index (χ1v) is 11.0. The quantitative estimate of drug-likeness (QED) is 0.668. The van der Waals surface area contributed by atoms with Gasteiger partial charge in [-0.05, 0) is 61.9 Å². The molecule has 1 aliphatic heterocycles. The Morgan fingerprint density at radius 1 is 1.17 bits per heavy atom. The fourth-order valence-corrected chi connectivity index (χ4v) is 3.98. The van der Waals surface area contributed by atoms with E-state index in [0.717, 1.165) is 24.6 Å². The molecule has 0 spiro atoms. The maximum atomic E-state index is 12.8. The van der Waals surface area contributed by atoms with E-state index >= 15 is 0 Å². The van der Waals surface area contributed by atoms with Crippen LogP contribution in [0.5, 0.6) is 11.5 Å². The van der Waals surface area contributed by atoms with E-state index in [2.05, 4.69) is 41.4 Å². The minimum absolute atomic E-state index is 0.0952. The lowest BCUT2D eigenvalue weighted by atomic mass is 9.99. The first kappa shape index (κ1) is 22.0. The van der Waals surface area contributed by atoms with Crippen LogP contribution in [0.3, 0.4) is 0 Å². The van der Waals surface area contributed by atoms with Gasteiger partial charge in [-0.15, -0.1) is 0 Å². The van der Waals surface area contributed by atoms with E-state index in [-0.39, 0.29) is 11.9 Å². The molecule has 1 aliphatic rings. The molecule has 1 saturated heterocycles. The molecule has 0 aromatic heterocycles. The fraction of sp³-hybridized carbons (Fsp3) is 0.480. The zero-order chi connectivity index (χ0) is 21.5. The predicted molar refractivity (Wildman–Crippen MR) is 121 cm³/mol. The lowest BCUT2D eigenvalue weighted by Gasteiger charge is -2.33. The normalized spacial score (nSPS) is 18.4. The molecule has 2 aromatic carbocycles. The standard InChI is InChI=1S/C25H34N2O3/c1-5-22(30-24-11-7-6-10-23(24)29-4)25(28)26-19(3)20-12-14-21(15-13-20)27-16-8-9-18(2)17-27/h6-7,10-15,18-19,22H,5,8-9,16-17H2,1-4H3,(H,26,28)/t18-,19+,22+/m1/s1. The van der Waals surface area contributed by atoms with Crippen LogP contribution in [0.4, 0.5) is 5.69 Å². The second-order valence-electron chi connectivity index (χ2n) is 8.18. The van der Waals surface area contributed by atoms with E-state index in [9.17, 15) is 4.79 Å². The molecule has 0 bridgehead atoms. The van der Waals surface area contributed by atoms with Gasteiger partial charge in [0.2, 0.25) is 0 Å². The van der Waals surface area contributed by atoms with Gasteiger partial charge < -0.3 is 19.7 Å². The van der Waals surface area contributed by atoms with E-state index in [4.69, 9.17) is 9.47 Å². The monoisotopic (exact) mass is 410 g/mol. The molecule has 1 N–H and O–H groups in total. The number of nitrogens with one attached hydrogen (secondary N) is 1. The Hall–Kier alpha value is -2.69. The zero-order valence-electron chi connectivity index (χ0n) is 18.6. The average Bonchev–Trinajstić information content (AvgIpc) is 2.77. The number of piperidine rings is 1. The second kappa shape index (κ2) is 10.4. The number of methoxy groups -OCH3 is 1. The van der Waals surface area contributed by atoms with Crippen LogP contribution in [0, 0.1) is 5.92 Å². The van der Waals surface area contributed by atoms with Crippen molar-refractivity contribution in [3.63, 3.8) is 0 Å². The highest BCUT2D eigenvalue weighted by atomic mass is 16.5. The van der Waals surface area contributed by atoms with Gasteiger partial charge in [-0.2, -0.15) is 0 Å². The van der Waals surface area contributed by atoms with Gasteiger partial charge in [-0.3, -0.25) is 4.79 Å². The van der Waals surface area contributed by atoms with Crippen molar-refractivity contribution in [2.45, 2.75) is 52.2 Å². The zero-order valence-corrected chi connectivity index (χ0v) is 18.6. The Balaban J connectivity index is 1.61. The molecule has 3 rings (SSSR count). The Labute approximate surface area is 180 Å². The number of carbonyl (C=O) groups is 1. The Morgan fingerprint density at radius 3 is 2.50 bits per heavy atom. The summed E-state index contributed by atoms with van der Waals surface area (Å²) in [6.45, 7) is 8.50. The number of nitrogens with zero attached hydrogens (tertiary/aromatic N) is 1. The molecule has 30 heavy (non-hydrogen) atoms. The van der Waals surface area contributed by atoms with Gasteiger partial charge in [0.1, 0.15) is 0 Å². The Morgan fingerprint density at radius 2 is 1.87 bits per heavy atom. The van der Waals surface area contributed by atoms with Crippen LogP contribution in [0.15, 0.2) is 48.5 Å². The SMILES string of the molecule is CC[C@H](Oc1ccccc1OC)C(=O)N[C@@H](C)c1ccc(N2CCC[C@@H](C)C2)cc1. The van der Waals surface area contributed by atoms with Crippen LogP contribution in [0.2, 0.25) is 0 Å². The minimum atomic E-state index is -0.571.